The number of nitrogens with zero attached hydrogens (tertiary/aromatic N) is 2. The third-order valence-electron chi connectivity index (χ3n) is 5.74. The Labute approximate surface area is 201 Å². The first-order chi connectivity index (χ1) is 16.0. The maximum Gasteiger partial charge on any atom is 0.200 e. The van der Waals surface area contributed by atoms with Crippen molar-refractivity contribution in [2.75, 3.05) is 12.9 Å². The van der Waals surface area contributed by atoms with E-state index in [1.807, 2.05) is 44.2 Å². The SMILES string of the molecule is CCCOc1c(C)cc(C(C)(C)c2ccc(OC(C)c3ocnc3S(C)(=O)=O)cc2)cc1C#N. The van der Waals surface area contributed by atoms with Crippen LogP contribution >= 0.6 is 0 Å². The Balaban J connectivity index is 1.85. The summed E-state index contributed by atoms with van der Waals surface area (Å²) in [5.74, 6) is 1.37. The molecular formula is C26H30N2O5S. The van der Waals surface area contributed by atoms with Gasteiger partial charge in [-0.3, -0.25) is 0 Å². The van der Waals surface area contributed by atoms with Gasteiger partial charge >= 0.3 is 0 Å². The second-order valence-corrected chi connectivity index (χ2v) is 10.8. The van der Waals surface area contributed by atoms with Crippen LogP contribution in [0.25, 0.3) is 0 Å². The Kier molecular flexibility index (Phi) is 7.37. The van der Waals surface area contributed by atoms with E-state index in [0.29, 0.717) is 23.7 Å². The van der Waals surface area contributed by atoms with Crippen LogP contribution < -0.4 is 9.47 Å². The highest BCUT2D eigenvalue weighted by Gasteiger charge is 2.27. The van der Waals surface area contributed by atoms with Gasteiger partial charge in [0.2, 0.25) is 0 Å². The molecule has 7 nitrogen and oxygen atoms in total. The van der Waals surface area contributed by atoms with Crippen molar-refractivity contribution in [1.29, 1.82) is 5.26 Å². The average Bonchev–Trinajstić information content (AvgIpc) is 3.29. The van der Waals surface area contributed by atoms with Gasteiger partial charge in [0.05, 0.1) is 12.2 Å². The zero-order valence-electron chi connectivity index (χ0n) is 20.4. The molecule has 8 heteroatoms. The van der Waals surface area contributed by atoms with Crippen LogP contribution in [-0.2, 0) is 15.3 Å². The fraction of sp³-hybridized carbons (Fsp3) is 0.385. The van der Waals surface area contributed by atoms with Gasteiger partial charge in [0, 0.05) is 11.7 Å². The molecule has 3 aromatic rings. The van der Waals surface area contributed by atoms with Gasteiger partial charge in [-0.05, 0) is 55.2 Å². The van der Waals surface area contributed by atoms with Crippen molar-refractivity contribution in [3.63, 3.8) is 0 Å². The molecule has 0 aliphatic rings. The lowest BCUT2D eigenvalue weighted by molar-refractivity contribution is 0.191. The molecule has 0 radical (unpaired) electrons. The van der Waals surface area contributed by atoms with Crippen LogP contribution in [0.2, 0.25) is 0 Å². The quantitative estimate of drug-likeness (QED) is 0.396. The summed E-state index contributed by atoms with van der Waals surface area (Å²) in [7, 11) is -3.52. The lowest BCUT2D eigenvalue weighted by Crippen LogP contribution is -2.19. The molecule has 0 N–H and O–H groups in total. The highest BCUT2D eigenvalue weighted by molar-refractivity contribution is 7.90. The number of hydrogen-bond donors (Lipinski definition) is 0. The Bertz CT molecular complexity index is 1300. The molecule has 0 amide bonds. The van der Waals surface area contributed by atoms with E-state index in [9.17, 15) is 13.7 Å². The van der Waals surface area contributed by atoms with Crippen molar-refractivity contribution < 1.29 is 22.3 Å². The number of hydrogen-bond acceptors (Lipinski definition) is 7. The molecular weight excluding hydrogens is 452 g/mol. The summed E-state index contributed by atoms with van der Waals surface area (Å²) < 4.78 is 40.8. The molecule has 0 aliphatic heterocycles. The molecule has 0 saturated carbocycles. The van der Waals surface area contributed by atoms with Gasteiger partial charge in [-0.2, -0.15) is 5.26 Å². The topological polar surface area (TPSA) is 102 Å². The normalized spacial score (nSPS) is 12.7. The van der Waals surface area contributed by atoms with E-state index in [1.165, 1.54) is 0 Å². The molecule has 0 saturated heterocycles. The van der Waals surface area contributed by atoms with E-state index >= 15 is 0 Å². The lowest BCUT2D eigenvalue weighted by atomic mass is 9.77. The van der Waals surface area contributed by atoms with Crippen molar-refractivity contribution in [1.82, 2.24) is 4.98 Å². The summed E-state index contributed by atoms with van der Waals surface area (Å²) in [6, 6.07) is 13.8. The van der Waals surface area contributed by atoms with Crippen molar-refractivity contribution in [2.24, 2.45) is 0 Å². The molecule has 1 unspecified atom stereocenters. The van der Waals surface area contributed by atoms with Gasteiger partial charge < -0.3 is 13.9 Å². The van der Waals surface area contributed by atoms with E-state index < -0.39 is 15.9 Å². The fourth-order valence-electron chi connectivity index (χ4n) is 3.78. The predicted octanol–water partition coefficient (Wildman–Crippen LogP) is 5.51. The number of rotatable bonds is 9. The van der Waals surface area contributed by atoms with Crippen molar-refractivity contribution in [2.45, 2.75) is 57.6 Å². The molecule has 0 spiro atoms. The van der Waals surface area contributed by atoms with Gasteiger partial charge in [0.15, 0.2) is 33.1 Å². The van der Waals surface area contributed by atoms with Crippen LogP contribution in [0, 0.1) is 18.3 Å². The highest BCUT2D eigenvalue weighted by Crippen LogP contribution is 2.37. The maximum atomic E-state index is 11.9. The van der Waals surface area contributed by atoms with E-state index in [-0.39, 0.29) is 16.2 Å². The number of oxazole rings is 1. The first kappa shape index (κ1) is 25.3. The van der Waals surface area contributed by atoms with Crippen molar-refractivity contribution >= 4 is 9.84 Å². The lowest BCUT2D eigenvalue weighted by Gasteiger charge is -2.28. The smallest absolute Gasteiger partial charge is 0.200 e. The Hall–Kier alpha value is -3.31. The van der Waals surface area contributed by atoms with Gasteiger partial charge in [-0.25, -0.2) is 13.4 Å². The molecule has 3 rings (SSSR count). The molecule has 34 heavy (non-hydrogen) atoms. The second kappa shape index (κ2) is 9.90. The van der Waals surface area contributed by atoms with Gasteiger partial charge in [0.25, 0.3) is 0 Å². The van der Waals surface area contributed by atoms with E-state index in [2.05, 4.69) is 31.0 Å². The number of nitriles is 1. The Morgan fingerprint density at radius 3 is 2.44 bits per heavy atom. The van der Waals surface area contributed by atoms with Crippen molar-refractivity contribution in [3.8, 4) is 17.6 Å². The summed E-state index contributed by atoms with van der Waals surface area (Å²) in [5, 5.41) is 9.56. The first-order valence-electron chi connectivity index (χ1n) is 11.1. The molecule has 2 aromatic carbocycles. The highest BCUT2D eigenvalue weighted by atomic mass is 32.2. The Morgan fingerprint density at radius 2 is 1.85 bits per heavy atom. The largest absolute Gasteiger partial charge is 0.492 e. The number of ether oxygens (including phenoxy) is 2. The van der Waals surface area contributed by atoms with Crippen LogP contribution in [0.1, 0.15) is 68.2 Å². The van der Waals surface area contributed by atoms with Gasteiger partial charge in [-0.15, -0.1) is 0 Å². The molecule has 0 bridgehead atoms. The minimum Gasteiger partial charge on any atom is -0.492 e. The summed E-state index contributed by atoms with van der Waals surface area (Å²) in [6.45, 7) is 10.5. The van der Waals surface area contributed by atoms with Gasteiger partial charge in [-0.1, -0.05) is 39.0 Å². The summed E-state index contributed by atoms with van der Waals surface area (Å²) >= 11 is 0. The third kappa shape index (κ3) is 5.26. The third-order valence-corrected chi connectivity index (χ3v) is 6.75. The minimum atomic E-state index is -3.52. The zero-order chi connectivity index (χ0) is 25.1. The Morgan fingerprint density at radius 1 is 1.18 bits per heavy atom. The molecule has 1 aromatic heterocycles. The van der Waals surface area contributed by atoms with Crippen LogP contribution in [-0.4, -0.2) is 26.3 Å². The number of aryl methyl sites for hydroxylation is 1. The van der Waals surface area contributed by atoms with Crippen LogP contribution in [0.3, 0.4) is 0 Å². The molecule has 1 atom stereocenters. The minimum absolute atomic E-state index is 0.118. The predicted molar refractivity (Wildman–Crippen MR) is 129 cm³/mol. The maximum absolute atomic E-state index is 11.9. The molecule has 1 heterocycles. The monoisotopic (exact) mass is 482 g/mol. The number of aromatic nitrogens is 1. The summed E-state index contributed by atoms with van der Waals surface area (Å²) in [5.41, 5.74) is 3.12. The molecule has 180 valence electrons. The zero-order valence-corrected chi connectivity index (χ0v) is 21.2. The van der Waals surface area contributed by atoms with E-state index in [4.69, 9.17) is 13.9 Å². The van der Waals surface area contributed by atoms with Crippen LogP contribution in [0.15, 0.2) is 52.2 Å². The van der Waals surface area contributed by atoms with Gasteiger partial charge in [0.1, 0.15) is 17.6 Å². The van der Waals surface area contributed by atoms with E-state index in [0.717, 1.165) is 35.8 Å². The standard InChI is InChI=1S/C26H30N2O5S/c1-7-12-31-23-17(2)13-21(14-19(23)15-27)26(4,5)20-8-10-22(11-9-20)33-18(3)24-25(28-16-32-24)34(6,29)30/h8-11,13-14,16,18H,7,12H2,1-6H3. The van der Waals surface area contributed by atoms with Crippen molar-refractivity contribution in [3.05, 3.63) is 70.8 Å². The average molecular weight is 483 g/mol. The number of benzene rings is 2. The van der Waals surface area contributed by atoms with Crippen LogP contribution in [0.4, 0.5) is 0 Å². The number of sulfone groups is 1. The molecule has 0 fully saturated rings. The second-order valence-electron chi connectivity index (χ2n) is 8.83. The van der Waals surface area contributed by atoms with E-state index in [1.54, 1.807) is 6.92 Å². The summed E-state index contributed by atoms with van der Waals surface area (Å²) in [4.78, 5) is 3.81. The fourth-order valence-corrected chi connectivity index (χ4v) is 4.60. The first-order valence-corrected chi connectivity index (χ1v) is 13.0. The summed E-state index contributed by atoms with van der Waals surface area (Å²) in [6.07, 6.45) is 2.42. The molecule has 0 aliphatic carbocycles. The van der Waals surface area contributed by atoms with Crippen LogP contribution in [0.5, 0.6) is 11.5 Å².